The van der Waals surface area contributed by atoms with Gasteiger partial charge >= 0.3 is 6.18 Å². The van der Waals surface area contributed by atoms with Gasteiger partial charge in [0.15, 0.2) is 5.78 Å². The summed E-state index contributed by atoms with van der Waals surface area (Å²) in [5.41, 5.74) is 5.98. The Labute approximate surface area is 214 Å². The number of ketones is 1. The van der Waals surface area contributed by atoms with Crippen molar-refractivity contribution in [2.75, 3.05) is 7.05 Å². The number of hydrogen-bond acceptors (Lipinski definition) is 3. The maximum absolute atomic E-state index is 12.9. The molecule has 3 aromatic carbocycles. The van der Waals surface area contributed by atoms with Crippen molar-refractivity contribution >= 4 is 16.8 Å². The fourth-order valence-electron chi connectivity index (χ4n) is 5.10. The Morgan fingerprint density at radius 2 is 1.59 bits per heavy atom. The highest BCUT2D eigenvalue weighted by Gasteiger charge is 2.30. The second-order valence-electron chi connectivity index (χ2n) is 9.57. The molecule has 0 fully saturated rings. The number of Topliss-reactive ketones (excluding diaryl/α,β-unsaturated/α-hetero) is 1. The smallest absolute Gasteiger partial charge is 0.370 e. The first-order valence-corrected chi connectivity index (χ1v) is 12.4. The van der Waals surface area contributed by atoms with Crippen LogP contribution in [-0.4, -0.2) is 27.3 Å². The topological polar surface area (TPSA) is 38.1 Å². The van der Waals surface area contributed by atoms with Crippen LogP contribution in [0.1, 0.15) is 43.1 Å². The fourth-order valence-corrected chi connectivity index (χ4v) is 5.10. The van der Waals surface area contributed by atoms with Crippen LogP contribution < -0.4 is 0 Å². The van der Waals surface area contributed by atoms with Gasteiger partial charge in [-0.05, 0) is 67.1 Å². The van der Waals surface area contributed by atoms with Gasteiger partial charge in [0.1, 0.15) is 5.82 Å². The molecule has 4 nitrogen and oxygen atoms in total. The predicted molar refractivity (Wildman–Crippen MR) is 139 cm³/mol. The zero-order chi connectivity index (χ0) is 26.2. The average molecular weight is 504 g/mol. The van der Waals surface area contributed by atoms with Gasteiger partial charge in [0, 0.05) is 24.9 Å². The van der Waals surface area contributed by atoms with Crippen LogP contribution in [0.3, 0.4) is 0 Å². The number of hydrogen-bond donors (Lipinski definition) is 0. The maximum atomic E-state index is 12.9. The Bertz CT molecular complexity index is 1460. The number of rotatable bonds is 7. The van der Waals surface area contributed by atoms with Gasteiger partial charge in [-0.25, -0.2) is 4.98 Å². The summed E-state index contributed by atoms with van der Waals surface area (Å²) in [5, 5.41) is 0. The van der Waals surface area contributed by atoms with E-state index < -0.39 is 11.7 Å². The van der Waals surface area contributed by atoms with E-state index in [9.17, 15) is 18.0 Å². The first kappa shape index (κ1) is 24.8. The standard InChI is InChI=1S/C30H28F3N3O/c1-20(37)25-6-5-9-27(25)35(2)19-29-34-26-7-3-4-8-28(26)36(29)18-21-10-12-22(13-11-21)23-14-16-24(17-15-23)30(31,32)33/h3-4,7-8,10-17H,5-6,9,18-19H2,1-2H3. The zero-order valence-corrected chi connectivity index (χ0v) is 20.8. The molecule has 0 amide bonds. The molecule has 1 aliphatic carbocycles. The van der Waals surface area contributed by atoms with E-state index in [0.717, 1.165) is 76.2 Å². The van der Waals surface area contributed by atoms with Gasteiger partial charge in [0.25, 0.3) is 0 Å². The van der Waals surface area contributed by atoms with E-state index in [-0.39, 0.29) is 5.78 Å². The number of carbonyl (C=O) groups is 1. The minimum Gasteiger partial charge on any atom is -0.370 e. The van der Waals surface area contributed by atoms with E-state index >= 15 is 0 Å². The quantitative estimate of drug-likeness (QED) is 0.267. The van der Waals surface area contributed by atoms with Gasteiger partial charge in [-0.2, -0.15) is 13.2 Å². The lowest BCUT2D eigenvalue weighted by atomic mass is 10.0. The summed E-state index contributed by atoms with van der Waals surface area (Å²) in [4.78, 5) is 19.2. The van der Waals surface area contributed by atoms with Crippen LogP contribution in [0.4, 0.5) is 13.2 Å². The molecule has 0 aliphatic heterocycles. The van der Waals surface area contributed by atoms with Crippen molar-refractivity contribution in [2.24, 2.45) is 0 Å². The summed E-state index contributed by atoms with van der Waals surface area (Å²) >= 11 is 0. The molecule has 190 valence electrons. The second-order valence-corrected chi connectivity index (χ2v) is 9.57. The van der Waals surface area contributed by atoms with Gasteiger partial charge in [-0.15, -0.1) is 0 Å². The predicted octanol–water partition coefficient (Wildman–Crippen LogP) is 7.23. The van der Waals surface area contributed by atoms with Crippen LogP contribution in [0.5, 0.6) is 0 Å². The number of imidazole rings is 1. The van der Waals surface area contributed by atoms with Crippen molar-refractivity contribution < 1.29 is 18.0 Å². The van der Waals surface area contributed by atoms with Crippen LogP contribution in [0, 0.1) is 0 Å². The lowest BCUT2D eigenvalue weighted by Gasteiger charge is -2.22. The Balaban J connectivity index is 1.41. The number of aromatic nitrogens is 2. The van der Waals surface area contributed by atoms with Crippen molar-refractivity contribution in [3.63, 3.8) is 0 Å². The van der Waals surface area contributed by atoms with E-state index in [1.165, 1.54) is 12.1 Å². The Kier molecular flexibility index (Phi) is 6.63. The molecule has 0 unspecified atom stereocenters. The summed E-state index contributed by atoms with van der Waals surface area (Å²) in [5.74, 6) is 1.05. The number of carbonyl (C=O) groups excluding carboxylic acids is 1. The molecule has 0 spiro atoms. The van der Waals surface area contributed by atoms with Crippen molar-refractivity contribution in [2.45, 2.75) is 45.5 Å². The molecule has 4 aromatic rings. The van der Waals surface area contributed by atoms with Gasteiger partial charge in [0.05, 0.1) is 23.1 Å². The largest absolute Gasteiger partial charge is 0.416 e. The average Bonchev–Trinajstić information content (AvgIpc) is 3.50. The van der Waals surface area contributed by atoms with Crippen LogP contribution in [0.25, 0.3) is 22.2 Å². The molecule has 37 heavy (non-hydrogen) atoms. The Morgan fingerprint density at radius 1 is 0.946 bits per heavy atom. The van der Waals surface area contributed by atoms with Gasteiger partial charge in [0.2, 0.25) is 0 Å². The Morgan fingerprint density at radius 3 is 2.24 bits per heavy atom. The van der Waals surface area contributed by atoms with E-state index in [4.69, 9.17) is 4.98 Å². The molecule has 0 bridgehead atoms. The maximum Gasteiger partial charge on any atom is 0.416 e. The molecule has 0 radical (unpaired) electrons. The number of fused-ring (bicyclic) bond motifs is 1. The van der Waals surface area contributed by atoms with Crippen molar-refractivity contribution in [3.8, 4) is 11.1 Å². The van der Waals surface area contributed by atoms with E-state index in [1.54, 1.807) is 6.92 Å². The number of alkyl halides is 3. The number of halogens is 3. The lowest BCUT2D eigenvalue weighted by Crippen LogP contribution is -2.21. The molecule has 0 saturated heterocycles. The zero-order valence-electron chi connectivity index (χ0n) is 20.8. The van der Waals surface area contributed by atoms with E-state index in [1.807, 2.05) is 49.5 Å². The summed E-state index contributed by atoms with van der Waals surface area (Å²) < 4.78 is 40.9. The first-order valence-electron chi connectivity index (χ1n) is 12.4. The van der Waals surface area contributed by atoms with Crippen LogP contribution in [0.2, 0.25) is 0 Å². The molecule has 0 atom stereocenters. The number of nitrogens with zero attached hydrogens (tertiary/aromatic N) is 3. The monoisotopic (exact) mass is 503 g/mol. The molecule has 7 heteroatoms. The van der Waals surface area contributed by atoms with Crippen LogP contribution in [0.15, 0.2) is 84.1 Å². The van der Waals surface area contributed by atoms with Gasteiger partial charge in [-0.1, -0.05) is 48.5 Å². The van der Waals surface area contributed by atoms with E-state index in [2.05, 4.69) is 15.5 Å². The van der Waals surface area contributed by atoms with Gasteiger partial charge in [-0.3, -0.25) is 4.79 Å². The molecule has 1 heterocycles. The molecule has 0 N–H and O–H groups in total. The molecular weight excluding hydrogens is 475 g/mol. The van der Waals surface area contributed by atoms with Crippen LogP contribution in [-0.2, 0) is 24.1 Å². The molecular formula is C30H28F3N3O. The van der Waals surface area contributed by atoms with E-state index in [0.29, 0.717) is 13.1 Å². The normalized spacial score (nSPS) is 14.0. The van der Waals surface area contributed by atoms with Crippen molar-refractivity contribution in [1.29, 1.82) is 0 Å². The summed E-state index contributed by atoms with van der Waals surface area (Å²) in [6.45, 7) is 2.83. The fraction of sp³-hybridized carbons (Fsp3) is 0.267. The summed E-state index contributed by atoms with van der Waals surface area (Å²) in [7, 11) is 2.02. The molecule has 5 rings (SSSR count). The Hall–Kier alpha value is -3.87. The first-order chi connectivity index (χ1) is 17.7. The minimum atomic E-state index is -4.34. The second kappa shape index (κ2) is 9.88. The highest BCUT2D eigenvalue weighted by atomic mass is 19.4. The SMILES string of the molecule is CC(=O)C1=C(N(C)Cc2nc3ccccc3n2Cc2ccc(-c3ccc(C(F)(F)F)cc3)cc2)CCC1. The molecule has 0 saturated carbocycles. The minimum absolute atomic E-state index is 0.140. The van der Waals surface area contributed by atoms with Crippen LogP contribution >= 0.6 is 0 Å². The number of allylic oxidation sites excluding steroid dienone is 2. The third kappa shape index (κ3) is 5.17. The van der Waals surface area contributed by atoms with Crippen molar-refractivity contribution in [1.82, 2.24) is 14.5 Å². The molecule has 1 aromatic heterocycles. The summed E-state index contributed by atoms with van der Waals surface area (Å²) in [6, 6.07) is 21.1. The third-order valence-corrected chi connectivity index (χ3v) is 7.03. The number of para-hydroxylation sites is 2. The van der Waals surface area contributed by atoms with Gasteiger partial charge < -0.3 is 9.47 Å². The lowest BCUT2D eigenvalue weighted by molar-refractivity contribution is -0.137. The third-order valence-electron chi connectivity index (χ3n) is 7.03. The molecule has 1 aliphatic rings. The van der Waals surface area contributed by atoms with Crippen molar-refractivity contribution in [3.05, 3.63) is 101 Å². The highest BCUT2D eigenvalue weighted by molar-refractivity contribution is 5.94. The highest BCUT2D eigenvalue weighted by Crippen LogP contribution is 2.32. The number of benzene rings is 3. The summed E-state index contributed by atoms with van der Waals surface area (Å²) in [6.07, 6.45) is -1.62.